The van der Waals surface area contributed by atoms with Crippen LogP contribution in [0.1, 0.15) is 27.9 Å². The van der Waals surface area contributed by atoms with Gasteiger partial charge in [-0.3, -0.25) is 20.2 Å². The fraction of sp³-hybridized carbons (Fsp3) is 0.231. The third-order valence-electron chi connectivity index (χ3n) is 2.79. The Morgan fingerprint density at radius 3 is 2.55 bits per heavy atom. The molecule has 0 unspecified atom stereocenters. The van der Waals surface area contributed by atoms with Gasteiger partial charge in [0.1, 0.15) is 0 Å². The molecule has 0 aliphatic carbocycles. The average molecular weight is 291 g/mol. The van der Waals surface area contributed by atoms with Gasteiger partial charge in [0.2, 0.25) is 0 Å². The summed E-state index contributed by atoms with van der Waals surface area (Å²) in [5.41, 5.74) is 1.29. The number of carbonyl (C=O) groups is 1. The Bertz CT molecular complexity index is 649. The summed E-state index contributed by atoms with van der Waals surface area (Å²) in [6, 6.07) is 5.46. The van der Waals surface area contributed by atoms with Crippen molar-refractivity contribution in [3.63, 3.8) is 0 Å². The Morgan fingerprint density at radius 2 is 2.05 bits per heavy atom. The van der Waals surface area contributed by atoms with Crippen molar-refractivity contribution in [2.24, 2.45) is 0 Å². The molecule has 1 amide bonds. The van der Waals surface area contributed by atoms with E-state index in [4.69, 9.17) is 0 Å². The highest BCUT2D eigenvalue weighted by atomic mass is 32.1. The molecule has 0 bridgehead atoms. The second kappa shape index (κ2) is 5.79. The number of rotatable bonds is 4. The quantitative estimate of drug-likeness (QED) is 0.692. The van der Waals surface area contributed by atoms with E-state index in [2.05, 4.69) is 10.3 Å². The van der Waals surface area contributed by atoms with Gasteiger partial charge in [-0.1, -0.05) is 6.92 Å². The number of aromatic nitrogens is 1. The molecule has 0 fully saturated rings. The number of nitro benzene ring substituents is 1. The van der Waals surface area contributed by atoms with E-state index in [-0.39, 0.29) is 11.6 Å². The van der Waals surface area contributed by atoms with Gasteiger partial charge in [-0.25, -0.2) is 4.98 Å². The summed E-state index contributed by atoms with van der Waals surface area (Å²) in [6.45, 7) is 3.96. The fourth-order valence-corrected chi connectivity index (χ4v) is 2.61. The molecule has 0 aliphatic heterocycles. The lowest BCUT2D eigenvalue weighted by molar-refractivity contribution is -0.384. The summed E-state index contributed by atoms with van der Waals surface area (Å²) >= 11 is 1.42. The lowest BCUT2D eigenvalue weighted by Gasteiger charge is -2.01. The Balaban J connectivity index is 2.13. The smallest absolute Gasteiger partial charge is 0.269 e. The van der Waals surface area contributed by atoms with Gasteiger partial charge >= 0.3 is 0 Å². The summed E-state index contributed by atoms with van der Waals surface area (Å²) in [5.74, 6) is -0.323. The third kappa shape index (κ3) is 3.00. The molecular weight excluding hydrogens is 278 g/mol. The van der Waals surface area contributed by atoms with Crippen LogP contribution in [0.2, 0.25) is 0 Å². The van der Waals surface area contributed by atoms with Crippen LogP contribution in [-0.4, -0.2) is 15.8 Å². The van der Waals surface area contributed by atoms with Crippen LogP contribution in [0.4, 0.5) is 10.8 Å². The number of aryl methyl sites for hydroxylation is 2. The lowest BCUT2D eigenvalue weighted by atomic mass is 10.2. The molecule has 1 aromatic heterocycles. The van der Waals surface area contributed by atoms with Crippen molar-refractivity contribution >= 4 is 28.1 Å². The molecule has 2 aromatic rings. The molecule has 0 saturated heterocycles. The minimum absolute atomic E-state index is 0.0417. The van der Waals surface area contributed by atoms with Crippen molar-refractivity contribution in [1.29, 1.82) is 0 Å². The van der Waals surface area contributed by atoms with Gasteiger partial charge in [0.15, 0.2) is 5.13 Å². The fourth-order valence-electron chi connectivity index (χ4n) is 1.71. The molecule has 7 heteroatoms. The first kappa shape index (κ1) is 14.1. The molecule has 0 saturated carbocycles. The van der Waals surface area contributed by atoms with Gasteiger partial charge in [-0.05, 0) is 25.5 Å². The monoisotopic (exact) mass is 291 g/mol. The molecule has 6 nitrogen and oxygen atoms in total. The SMILES string of the molecule is CCc1nc(NC(=O)c2ccc([N+](=O)[O-])cc2)sc1C. The number of hydrogen-bond acceptors (Lipinski definition) is 5. The van der Waals surface area contributed by atoms with Crippen LogP contribution in [0.5, 0.6) is 0 Å². The Labute approximate surface area is 119 Å². The maximum atomic E-state index is 12.0. The predicted octanol–water partition coefficient (Wildman–Crippen LogP) is 3.17. The van der Waals surface area contributed by atoms with Gasteiger partial charge in [0, 0.05) is 22.6 Å². The molecule has 1 heterocycles. The lowest BCUT2D eigenvalue weighted by Crippen LogP contribution is -2.11. The van der Waals surface area contributed by atoms with E-state index in [1.807, 2.05) is 13.8 Å². The topological polar surface area (TPSA) is 85.1 Å². The highest BCUT2D eigenvalue weighted by Crippen LogP contribution is 2.23. The van der Waals surface area contributed by atoms with Gasteiger partial charge in [0.05, 0.1) is 10.6 Å². The third-order valence-corrected chi connectivity index (χ3v) is 3.72. The Hall–Kier alpha value is -2.28. The first-order chi connectivity index (χ1) is 9.51. The van der Waals surface area contributed by atoms with E-state index in [0.29, 0.717) is 10.7 Å². The van der Waals surface area contributed by atoms with Crippen LogP contribution in [0, 0.1) is 17.0 Å². The minimum Gasteiger partial charge on any atom is -0.298 e. The maximum absolute atomic E-state index is 12.0. The summed E-state index contributed by atoms with van der Waals surface area (Å²) in [7, 11) is 0. The van der Waals surface area contributed by atoms with E-state index in [1.165, 1.54) is 35.6 Å². The molecule has 0 spiro atoms. The molecule has 0 radical (unpaired) electrons. The number of carbonyl (C=O) groups excluding carboxylic acids is 1. The van der Waals surface area contributed by atoms with Crippen LogP contribution in [0.25, 0.3) is 0 Å². The van der Waals surface area contributed by atoms with Gasteiger partial charge in [-0.15, -0.1) is 11.3 Å². The number of nitrogens with zero attached hydrogens (tertiary/aromatic N) is 2. The number of nitrogens with one attached hydrogen (secondary N) is 1. The standard InChI is InChI=1S/C13H13N3O3S/c1-3-11-8(2)20-13(14-11)15-12(17)9-4-6-10(7-5-9)16(18)19/h4-7H,3H2,1-2H3,(H,14,15,17). The summed E-state index contributed by atoms with van der Waals surface area (Å²) in [6.07, 6.45) is 0.815. The van der Waals surface area contributed by atoms with E-state index in [9.17, 15) is 14.9 Å². The van der Waals surface area contributed by atoms with Crippen molar-refractivity contribution in [2.45, 2.75) is 20.3 Å². The highest BCUT2D eigenvalue weighted by Gasteiger charge is 2.12. The van der Waals surface area contributed by atoms with Crippen molar-refractivity contribution in [3.8, 4) is 0 Å². The molecule has 1 aromatic carbocycles. The van der Waals surface area contributed by atoms with Crippen molar-refractivity contribution in [3.05, 3.63) is 50.5 Å². The van der Waals surface area contributed by atoms with Gasteiger partial charge in [0.25, 0.3) is 11.6 Å². The normalized spacial score (nSPS) is 10.3. The van der Waals surface area contributed by atoms with Crippen molar-refractivity contribution in [1.82, 2.24) is 4.98 Å². The number of thiazole rings is 1. The number of benzene rings is 1. The number of nitro groups is 1. The minimum atomic E-state index is -0.501. The first-order valence-electron chi connectivity index (χ1n) is 6.03. The summed E-state index contributed by atoms with van der Waals surface area (Å²) in [4.78, 5) is 27.4. The molecule has 1 N–H and O–H groups in total. The number of hydrogen-bond donors (Lipinski definition) is 1. The van der Waals surface area contributed by atoms with Crippen LogP contribution >= 0.6 is 11.3 Å². The zero-order valence-corrected chi connectivity index (χ0v) is 11.9. The van der Waals surface area contributed by atoms with E-state index >= 15 is 0 Å². The predicted molar refractivity (Wildman–Crippen MR) is 77.3 cm³/mol. The Kier molecular flexibility index (Phi) is 4.09. The second-order valence-electron chi connectivity index (χ2n) is 4.13. The van der Waals surface area contributed by atoms with Crippen LogP contribution in [0.3, 0.4) is 0 Å². The van der Waals surface area contributed by atoms with E-state index < -0.39 is 4.92 Å². The second-order valence-corrected chi connectivity index (χ2v) is 5.34. The zero-order chi connectivity index (χ0) is 14.7. The number of non-ortho nitro benzene ring substituents is 1. The number of amides is 1. The first-order valence-corrected chi connectivity index (χ1v) is 6.85. The zero-order valence-electron chi connectivity index (χ0n) is 11.0. The molecular formula is C13H13N3O3S. The Morgan fingerprint density at radius 1 is 1.40 bits per heavy atom. The number of anilines is 1. The van der Waals surface area contributed by atoms with Crippen LogP contribution in [0.15, 0.2) is 24.3 Å². The summed E-state index contributed by atoms with van der Waals surface area (Å²) in [5, 5.41) is 13.8. The maximum Gasteiger partial charge on any atom is 0.269 e. The van der Waals surface area contributed by atoms with Crippen molar-refractivity contribution < 1.29 is 9.72 Å². The molecule has 2 rings (SSSR count). The van der Waals surface area contributed by atoms with Gasteiger partial charge in [-0.2, -0.15) is 0 Å². The van der Waals surface area contributed by atoms with Crippen LogP contribution in [-0.2, 0) is 6.42 Å². The molecule has 0 aliphatic rings. The van der Waals surface area contributed by atoms with Crippen LogP contribution < -0.4 is 5.32 Å². The van der Waals surface area contributed by atoms with E-state index in [0.717, 1.165) is 17.0 Å². The van der Waals surface area contributed by atoms with E-state index in [1.54, 1.807) is 0 Å². The average Bonchev–Trinajstić information content (AvgIpc) is 2.78. The molecule has 0 atom stereocenters. The molecule has 20 heavy (non-hydrogen) atoms. The summed E-state index contributed by atoms with van der Waals surface area (Å²) < 4.78 is 0. The van der Waals surface area contributed by atoms with Crippen molar-refractivity contribution in [2.75, 3.05) is 5.32 Å². The highest BCUT2D eigenvalue weighted by molar-refractivity contribution is 7.15. The van der Waals surface area contributed by atoms with Gasteiger partial charge < -0.3 is 0 Å². The largest absolute Gasteiger partial charge is 0.298 e. The molecule has 104 valence electrons.